The minimum absolute atomic E-state index is 0.0101. The van der Waals surface area contributed by atoms with Crippen molar-refractivity contribution in [2.45, 2.75) is 38.1 Å². The lowest BCUT2D eigenvalue weighted by molar-refractivity contribution is -0.386. The summed E-state index contributed by atoms with van der Waals surface area (Å²) < 4.78 is 35.0. The molecule has 1 fully saturated rings. The third-order valence-corrected chi connectivity index (χ3v) is 10.8. The van der Waals surface area contributed by atoms with Gasteiger partial charge in [0.15, 0.2) is 18.8 Å². The van der Waals surface area contributed by atoms with Crippen LogP contribution in [0, 0.1) is 20.2 Å². The van der Waals surface area contributed by atoms with Gasteiger partial charge in [0.25, 0.3) is 29.1 Å². The number of benzene rings is 5. The summed E-state index contributed by atoms with van der Waals surface area (Å²) in [5.41, 5.74) is -1.65. The van der Waals surface area contributed by atoms with E-state index in [1.165, 1.54) is 78.9 Å². The van der Waals surface area contributed by atoms with Crippen molar-refractivity contribution in [3.63, 3.8) is 0 Å². The molecule has 0 aliphatic carbocycles. The van der Waals surface area contributed by atoms with Crippen molar-refractivity contribution in [3.8, 4) is 34.5 Å². The van der Waals surface area contributed by atoms with E-state index in [0.717, 1.165) is 12.1 Å². The average molecular weight is 963 g/mol. The largest absolute Gasteiger partial charge is 0.489 e. The summed E-state index contributed by atoms with van der Waals surface area (Å²) in [7, 11) is 0. The van der Waals surface area contributed by atoms with E-state index in [9.17, 15) is 53.8 Å². The number of rotatable bonds is 19. The molecule has 0 radical (unpaired) electrons. The Labute approximate surface area is 392 Å². The number of carboxylic acids is 2. The first-order valence-electron chi connectivity index (χ1n) is 20.7. The number of imide groups is 1. The Kier molecular flexibility index (Phi) is 12.9. The fourth-order valence-electron chi connectivity index (χ4n) is 7.70. The topological polar surface area (TPSA) is 326 Å². The number of hydroxylamine groups is 2. The minimum Gasteiger partial charge on any atom is -0.489 e. The molecule has 358 valence electrons. The Morgan fingerprint density at radius 1 is 0.657 bits per heavy atom. The zero-order valence-electron chi connectivity index (χ0n) is 35.9. The fourth-order valence-corrected chi connectivity index (χ4v) is 7.70. The Balaban J connectivity index is 1.10. The number of nitro benzene ring substituents is 2. The Morgan fingerprint density at radius 2 is 1.14 bits per heavy atom. The highest BCUT2D eigenvalue weighted by atomic mass is 16.7. The molecule has 3 N–H and O–H groups in total. The second-order valence-electron chi connectivity index (χ2n) is 15.3. The van der Waals surface area contributed by atoms with Crippen molar-refractivity contribution in [3.05, 3.63) is 150 Å². The second-order valence-corrected chi connectivity index (χ2v) is 15.3. The molecule has 24 heteroatoms. The van der Waals surface area contributed by atoms with Crippen LogP contribution in [0.1, 0.15) is 67.8 Å². The number of hydrogen-bond donors (Lipinski definition) is 3. The van der Waals surface area contributed by atoms with Gasteiger partial charge < -0.3 is 48.8 Å². The van der Waals surface area contributed by atoms with Gasteiger partial charge in [0.1, 0.15) is 47.7 Å². The number of amides is 3. The lowest BCUT2D eigenvalue weighted by Gasteiger charge is -2.36. The van der Waals surface area contributed by atoms with Gasteiger partial charge in [0.05, 0.1) is 33.0 Å². The summed E-state index contributed by atoms with van der Waals surface area (Å²) in [6.07, 6.45) is -0.597. The highest BCUT2D eigenvalue weighted by molar-refractivity contribution is 6.02. The van der Waals surface area contributed by atoms with Gasteiger partial charge >= 0.3 is 23.9 Å². The van der Waals surface area contributed by atoms with Crippen LogP contribution in [0.3, 0.4) is 0 Å². The average Bonchev–Trinajstić information content (AvgIpc) is 3.80. The first kappa shape index (κ1) is 46.9. The van der Waals surface area contributed by atoms with Gasteiger partial charge in [-0.25, -0.2) is 19.2 Å². The number of carboxylic acid groups (broad SMARTS) is 2. The van der Waals surface area contributed by atoms with Crippen molar-refractivity contribution < 1.29 is 86.9 Å². The molecule has 0 aromatic heterocycles. The molecule has 0 bridgehead atoms. The molecule has 8 rings (SSSR count). The molecule has 70 heavy (non-hydrogen) atoms. The maximum atomic E-state index is 13.9. The zero-order valence-corrected chi connectivity index (χ0v) is 35.9. The number of aliphatic carboxylic acids is 2. The maximum absolute atomic E-state index is 13.9. The molecule has 3 heterocycles. The lowest BCUT2D eigenvalue weighted by Crippen LogP contribution is -2.34. The number of carbonyl (C=O) groups excluding carboxylic acids is 5. The summed E-state index contributed by atoms with van der Waals surface area (Å²) in [5, 5.41) is 44.7. The molecule has 24 nitrogen and oxygen atoms in total. The molecule has 3 aliphatic heterocycles. The Hall–Kier alpha value is -9.61. The summed E-state index contributed by atoms with van der Waals surface area (Å²) in [4.78, 5) is 113. The molecule has 0 atom stereocenters. The number of esters is 1. The van der Waals surface area contributed by atoms with Crippen LogP contribution in [-0.4, -0.2) is 86.5 Å². The number of nitro groups is 2. The van der Waals surface area contributed by atoms with Crippen LogP contribution in [0.15, 0.2) is 91.0 Å². The first-order chi connectivity index (χ1) is 33.5. The third-order valence-electron chi connectivity index (χ3n) is 10.8. The smallest absolute Gasteiger partial charge is 0.341 e. The van der Waals surface area contributed by atoms with Gasteiger partial charge in [-0.3, -0.25) is 34.6 Å². The van der Waals surface area contributed by atoms with E-state index in [2.05, 4.69) is 5.32 Å². The number of hydrogen-bond acceptors (Lipinski definition) is 18. The normalized spacial score (nSPS) is 13.8. The molecule has 0 saturated carbocycles. The maximum Gasteiger partial charge on any atom is 0.341 e. The van der Waals surface area contributed by atoms with Crippen LogP contribution in [0.4, 0.5) is 11.4 Å². The zero-order chi connectivity index (χ0) is 49.9. The van der Waals surface area contributed by atoms with Crippen molar-refractivity contribution in [1.29, 1.82) is 0 Å². The van der Waals surface area contributed by atoms with Gasteiger partial charge in [0.2, 0.25) is 0 Å². The van der Waals surface area contributed by atoms with Crippen molar-refractivity contribution in [2.75, 3.05) is 19.8 Å². The van der Waals surface area contributed by atoms with Gasteiger partial charge in [-0.05, 0) is 60.7 Å². The molecular weight excluding hydrogens is 929 g/mol. The predicted octanol–water partition coefficient (Wildman–Crippen LogP) is 4.88. The molecule has 1 spiro atoms. The Bertz CT molecular complexity index is 2910. The number of carbonyl (C=O) groups is 7. The van der Waals surface area contributed by atoms with E-state index in [4.69, 9.17) is 43.5 Å². The van der Waals surface area contributed by atoms with E-state index in [0.29, 0.717) is 5.06 Å². The summed E-state index contributed by atoms with van der Waals surface area (Å²) in [5.74, 6) is -6.00. The van der Waals surface area contributed by atoms with Crippen LogP contribution in [0.2, 0.25) is 0 Å². The summed E-state index contributed by atoms with van der Waals surface area (Å²) in [6.45, 7) is -2.49. The van der Waals surface area contributed by atoms with Crippen LogP contribution < -0.4 is 29.0 Å². The predicted molar refractivity (Wildman–Crippen MR) is 230 cm³/mol. The van der Waals surface area contributed by atoms with Crippen molar-refractivity contribution >= 4 is 53.0 Å². The van der Waals surface area contributed by atoms with E-state index in [-0.39, 0.29) is 104 Å². The van der Waals surface area contributed by atoms with Gasteiger partial charge in [0, 0.05) is 65.9 Å². The lowest BCUT2D eigenvalue weighted by atomic mass is 9.77. The van der Waals surface area contributed by atoms with Crippen LogP contribution in [0.5, 0.6) is 34.5 Å². The quantitative estimate of drug-likeness (QED) is 0.0429. The second kappa shape index (κ2) is 19.3. The summed E-state index contributed by atoms with van der Waals surface area (Å²) >= 11 is 0. The summed E-state index contributed by atoms with van der Waals surface area (Å²) in [6, 6.07) is 20.3. The van der Waals surface area contributed by atoms with E-state index in [1.54, 1.807) is 0 Å². The molecule has 5 aromatic rings. The number of ether oxygens (including phenoxy) is 6. The molecular formula is C46H34N4O20. The SMILES string of the molecule is O=C(O)COc1ccc([N+](=O)[O-])c(COc2ccc3c(c2)Oc2cc(OCc4cc(OCC(=O)O)ccc4[N+](=O)[O-])ccc2C32OC(=O)c3cc(C(=O)NCCC(=O)ON4C(=O)CCC4=O)ccc32)c1. The minimum atomic E-state index is -1.77. The van der Waals surface area contributed by atoms with Gasteiger partial charge in [-0.15, -0.1) is 5.06 Å². The third kappa shape index (κ3) is 9.62. The number of nitrogens with zero attached hydrogens (tertiary/aromatic N) is 3. The molecule has 0 unspecified atom stereocenters. The van der Waals surface area contributed by atoms with E-state index < -0.39 is 89.9 Å². The van der Waals surface area contributed by atoms with Crippen molar-refractivity contribution in [1.82, 2.24) is 10.4 Å². The van der Waals surface area contributed by atoms with Gasteiger partial charge in [-0.2, -0.15) is 0 Å². The van der Waals surface area contributed by atoms with Crippen LogP contribution >= 0.6 is 0 Å². The number of fused-ring (bicyclic) bond motifs is 6. The molecule has 1 saturated heterocycles. The standard InChI is InChI=1S/C46H34N4O20/c51-39-11-12-40(52)48(39)70-43(57)13-14-47-44(58)24-1-6-32-31(17-24)45(59)69-46(32)33-7-2-29(64-20-25-15-27(66-22-41(53)54)4-9-35(25)49(60)61)18-37(33)68-38-19-30(3-8-34(38)46)65-21-26-16-28(67-23-42(55)56)5-10-36(26)50(62)63/h1-10,15-19H,11-14,20-23H2,(H,47,58)(H,53,54)(H,55,56). The monoisotopic (exact) mass is 962 g/mol. The highest BCUT2D eigenvalue weighted by Crippen LogP contribution is 2.57. The van der Waals surface area contributed by atoms with E-state index in [1.807, 2.05) is 0 Å². The van der Waals surface area contributed by atoms with Crippen LogP contribution in [-0.2, 0) is 52.4 Å². The highest BCUT2D eigenvalue weighted by Gasteiger charge is 2.54. The first-order valence-corrected chi connectivity index (χ1v) is 20.7. The number of nitrogens with one attached hydrogen (secondary N) is 1. The van der Waals surface area contributed by atoms with Crippen LogP contribution in [0.25, 0.3) is 0 Å². The molecule has 5 aromatic carbocycles. The fraction of sp³-hybridized carbons (Fsp3) is 0.196. The van der Waals surface area contributed by atoms with Gasteiger partial charge in [-0.1, -0.05) is 6.07 Å². The molecule has 3 aliphatic rings. The molecule has 3 amide bonds. The van der Waals surface area contributed by atoms with E-state index >= 15 is 0 Å². The Morgan fingerprint density at radius 3 is 1.64 bits per heavy atom. The van der Waals surface area contributed by atoms with Crippen molar-refractivity contribution in [2.24, 2.45) is 0 Å².